The summed E-state index contributed by atoms with van der Waals surface area (Å²) in [5, 5.41) is 12.6. The number of fused-ring (bicyclic) bond motifs is 4. The van der Waals surface area contributed by atoms with Crippen molar-refractivity contribution >= 4 is 40.1 Å². The number of nitrogens with zero attached hydrogens (tertiary/aromatic N) is 5. The van der Waals surface area contributed by atoms with E-state index >= 15 is 0 Å². The number of carbonyl (C=O) groups is 3. The van der Waals surface area contributed by atoms with Gasteiger partial charge in [-0.1, -0.05) is 26.8 Å². The van der Waals surface area contributed by atoms with Crippen LogP contribution in [0.25, 0.3) is 10.9 Å². The Morgan fingerprint density at radius 1 is 1.00 bits per heavy atom. The maximum atomic E-state index is 14.0. The van der Waals surface area contributed by atoms with Crippen LogP contribution in [0.15, 0.2) is 48.7 Å². The molecule has 0 radical (unpaired) electrons. The number of nitriles is 1. The number of hydrogen-bond acceptors (Lipinski definition) is 7. The number of piperazine rings is 1. The number of ketones is 1. The van der Waals surface area contributed by atoms with Crippen LogP contribution >= 0.6 is 0 Å². The minimum absolute atomic E-state index is 0.0340. The van der Waals surface area contributed by atoms with E-state index < -0.39 is 11.4 Å². The highest BCUT2D eigenvalue weighted by molar-refractivity contribution is 6.20. The molecule has 0 bridgehead atoms. The van der Waals surface area contributed by atoms with Gasteiger partial charge in [-0.05, 0) is 59.5 Å². The Morgan fingerprint density at radius 2 is 1.80 bits per heavy atom. The molecule has 2 aromatic carbocycles. The number of hydrogen-bond donors (Lipinski definition) is 2. The summed E-state index contributed by atoms with van der Waals surface area (Å²) in [4.78, 5) is 52.1. The van der Waals surface area contributed by atoms with Crippen LogP contribution in [0.2, 0.25) is 0 Å². The summed E-state index contributed by atoms with van der Waals surface area (Å²) in [6.07, 6.45) is 2.80. The number of aromatic nitrogens is 2. The maximum Gasteiger partial charge on any atom is 0.329 e. The molecule has 2 aliphatic heterocycles. The zero-order valence-corrected chi connectivity index (χ0v) is 25.7. The fraction of sp³-hybridized carbons (Fsp3) is 0.343. The van der Waals surface area contributed by atoms with E-state index in [0.717, 1.165) is 72.4 Å². The average molecular weight is 602 g/mol. The molecule has 2 N–H and O–H groups in total. The predicted molar refractivity (Wildman–Crippen MR) is 172 cm³/mol. The number of benzene rings is 2. The highest BCUT2D eigenvalue weighted by Gasteiger charge is 2.40. The highest BCUT2D eigenvalue weighted by atomic mass is 16.2. The van der Waals surface area contributed by atoms with E-state index in [0.29, 0.717) is 23.5 Å². The molecule has 0 unspecified atom stereocenters. The first-order chi connectivity index (χ1) is 21.7. The fourth-order valence-corrected chi connectivity index (χ4v) is 7.05. The van der Waals surface area contributed by atoms with Crippen LogP contribution in [0.1, 0.15) is 71.1 Å². The monoisotopic (exact) mass is 601 g/mol. The number of rotatable bonds is 5. The molecule has 1 aliphatic carbocycles. The molecular formula is C35H35N7O3. The quantitative estimate of drug-likeness (QED) is 0.342. The number of nitrogens with one attached hydrogen (secondary N) is 2. The Morgan fingerprint density at radius 3 is 2.53 bits per heavy atom. The van der Waals surface area contributed by atoms with Crippen LogP contribution in [0, 0.1) is 11.3 Å². The van der Waals surface area contributed by atoms with Gasteiger partial charge in [0.05, 0.1) is 17.2 Å². The summed E-state index contributed by atoms with van der Waals surface area (Å²) in [6, 6.07) is 15.5. The normalized spacial score (nSPS) is 18.0. The molecule has 45 heavy (non-hydrogen) atoms. The van der Waals surface area contributed by atoms with Gasteiger partial charge in [-0.2, -0.15) is 5.26 Å². The van der Waals surface area contributed by atoms with E-state index in [9.17, 15) is 19.6 Å². The van der Waals surface area contributed by atoms with Gasteiger partial charge in [-0.3, -0.25) is 24.7 Å². The number of anilines is 2. The lowest BCUT2D eigenvalue weighted by Crippen LogP contribution is -2.50. The third kappa shape index (κ3) is 4.84. The second-order valence-electron chi connectivity index (χ2n) is 12.6. The number of aromatic amines is 1. The van der Waals surface area contributed by atoms with Gasteiger partial charge in [0.25, 0.3) is 0 Å². The lowest BCUT2D eigenvalue weighted by atomic mass is 9.70. The number of carbonyl (C=O) groups excluding carboxylic acids is 3. The summed E-state index contributed by atoms with van der Waals surface area (Å²) in [5.41, 5.74) is 7.76. The smallest absolute Gasteiger partial charge is 0.329 e. The molecule has 4 heterocycles. The maximum absolute atomic E-state index is 14.0. The lowest BCUT2D eigenvalue weighted by Gasteiger charge is -2.39. The number of H-pyrrole nitrogens is 1. The highest BCUT2D eigenvalue weighted by Crippen LogP contribution is 2.46. The predicted octanol–water partition coefficient (Wildman–Crippen LogP) is 4.64. The van der Waals surface area contributed by atoms with Crippen molar-refractivity contribution in [3.05, 3.63) is 87.7 Å². The van der Waals surface area contributed by atoms with Crippen molar-refractivity contribution in [1.82, 2.24) is 20.2 Å². The van der Waals surface area contributed by atoms with Crippen LogP contribution in [0.3, 0.4) is 0 Å². The zero-order valence-electron chi connectivity index (χ0n) is 25.7. The van der Waals surface area contributed by atoms with E-state index in [2.05, 4.69) is 64.1 Å². The van der Waals surface area contributed by atoms with Crippen LogP contribution in [0.5, 0.6) is 0 Å². The Hall–Kier alpha value is -5.01. The average Bonchev–Trinajstić information content (AvgIpc) is 3.44. The van der Waals surface area contributed by atoms with Crippen molar-refractivity contribution < 1.29 is 14.4 Å². The molecular weight excluding hydrogens is 566 g/mol. The SMILES string of the molecule is CCc1cc2c(cc1N1CCN(Cc3ccnc(N4CCC(=O)NC4=O)c3)CC1)C(C)(C)c1[nH]c3cc(C#N)ccc3c1C2=O. The molecule has 2 fully saturated rings. The molecule has 10 nitrogen and oxygen atoms in total. The van der Waals surface area contributed by atoms with E-state index in [-0.39, 0.29) is 18.1 Å². The summed E-state index contributed by atoms with van der Waals surface area (Å²) in [5.74, 6) is 0.327. The topological polar surface area (TPSA) is 125 Å². The van der Waals surface area contributed by atoms with Crippen molar-refractivity contribution in [2.45, 2.75) is 45.6 Å². The Kier molecular flexibility index (Phi) is 6.94. The number of pyridine rings is 1. The van der Waals surface area contributed by atoms with E-state index in [1.807, 2.05) is 24.3 Å². The Labute approximate surface area is 261 Å². The van der Waals surface area contributed by atoms with Crippen LogP contribution in [-0.2, 0) is 23.2 Å². The summed E-state index contributed by atoms with van der Waals surface area (Å²) in [7, 11) is 0. The Balaban J connectivity index is 1.11. The van der Waals surface area contributed by atoms with Gasteiger partial charge >= 0.3 is 6.03 Å². The van der Waals surface area contributed by atoms with Gasteiger partial charge in [0, 0.05) is 85.1 Å². The first-order valence-corrected chi connectivity index (χ1v) is 15.5. The molecule has 228 valence electrons. The van der Waals surface area contributed by atoms with Crippen molar-refractivity contribution in [3.8, 4) is 6.07 Å². The van der Waals surface area contributed by atoms with Crippen molar-refractivity contribution in [3.63, 3.8) is 0 Å². The summed E-state index contributed by atoms with van der Waals surface area (Å²) in [6.45, 7) is 11.0. The first-order valence-electron chi connectivity index (χ1n) is 15.5. The van der Waals surface area contributed by atoms with E-state index in [4.69, 9.17) is 0 Å². The van der Waals surface area contributed by atoms with Crippen molar-refractivity contribution in [2.24, 2.45) is 0 Å². The minimum atomic E-state index is -0.430. The van der Waals surface area contributed by atoms with Gasteiger partial charge in [-0.25, -0.2) is 9.78 Å². The minimum Gasteiger partial charge on any atom is -0.369 e. The number of urea groups is 1. The van der Waals surface area contributed by atoms with E-state index in [1.165, 1.54) is 16.2 Å². The number of amides is 3. The summed E-state index contributed by atoms with van der Waals surface area (Å²) >= 11 is 0. The molecule has 2 saturated heterocycles. The molecule has 0 spiro atoms. The van der Waals surface area contributed by atoms with Crippen LogP contribution in [0.4, 0.5) is 16.3 Å². The first kappa shape index (κ1) is 28.7. The molecule has 7 rings (SSSR count). The van der Waals surface area contributed by atoms with Gasteiger partial charge in [-0.15, -0.1) is 0 Å². The molecule has 4 aromatic rings. The molecule has 0 saturated carbocycles. The van der Waals surface area contributed by atoms with Crippen molar-refractivity contribution in [1.29, 1.82) is 5.26 Å². The van der Waals surface area contributed by atoms with Crippen LogP contribution in [-0.4, -0.2) is 65.3 Å². The number of aryl methyl sites for hydroxylation is 1. The molecule has 2 aromatic heterocycles. The largest absolute Gasteiger partial charge is 0.369 e. The van der Waals surface area contributed by atoms with E-state index in [1.54, 1.807) is 12.3 Å². The second-order valence-corrected chi connectivity index (χ2v) is 12.6. The van der Waals surface area contributed by atoms with Gasteiger partial charge < -0.3 is 9.88 Å². The van der Waals surface area contributed by atoms with Crippen molar-refractivity contribution in [2.75, 3.05) is 42.5 Å². The third-order valence-electron chi connectivity index (χ3n) is 9.56. The molecule has 3 aliphatic rings. The van der Waals surface area contributed by atoms with Crippen LogP contribution < -0.4 is 15.1 Å². The number of imide groups is 1. The third-order valence-corrected chi connectivity index (χ3v) is 9.56. The molecule has 3 amide bonds. The lowest BCUT2D eigenvalue weighted by molar-refractivity contribution is -0.120. The fourth-order valence-electron chi connectivity index (χ4n) is 7.05. The zero-order chi connectivity index (χ0) is 31.5. The molecule has 10 heteroatoms. The second kappa shape index (κ2) is 10.9. The standard InChI is InChI=1S/C35H35N7O3/c1-4-23-17-25-26(35(2,3)33-31(32(25)44)24-6-5-21(19-36)15-27(24)38-33)18-28(23)41-13-11-40(12-14-41)20-22-7-9-37-29(16-22)42-10-8-30(43)39-34(42)45/h5-7,9,15-18,38H,4,8,10-14,20H2,1-3H3,(H,39,43,45). The van der Waals surface area contributed by atoms with Gasteiger partial charge in [0.2, 0.25) is 5.91 Å². The Bertz CT molecular complexity index is 1930. The van der Waals surface area contributed by atoms with Gasteiger partial charge in [0.1, 0.15) is 5.82 Å². The van der Waals surface area contributed by atoms with Gasteiger partial charge in [0.15, 0.2) is 5.78 Å². The summed E-state index contributed by atoms with van der Waals surface area (Å²) < 4.78 is 0. The molecule has 0 atom stereocenters.